The summed E-state index contributed by atoms with van der Waals surface area (Å²) in [6, 6.07) is 0. The smallest absolute Gasteiger partial charge is 0.290 e. The Morgan fingerprint density at radius 3 is 1.33 bits per heavy atom. The third-order valence-corrected chi connectivity index (χ3v) is 0. The minimum atomic E-state index is -0.250. The minimum absolute atomic E-state index is 0. The second kappa shape index (κ2) is 41.3. The zero-order valence-electron chi connectivity index (χ0n) is 2.44. The fourth-order valence-electron chi connectivity index (χ4n) is 0. The van der Waals surface area contributed by atoms with Crippen LogP contribution in [-0.4, -0.2) is 11.6 Å². The molecule has 0 heterocycles. The summed E-state index contributed by atoms with van der Waals surface area (Å²) in [6.07, 6.45) is 0. The summed E-state index contributed by atoms with van der Waals surface area (Å²) in [7, 11) is 0. The molecule has 0 bridgehead atoms. The minimum Gasteiger partial charge on any atom is -0.483 e. The van der Waals surface area contributed by atoms with E-state index in [-0.39, 0.29) is 53.0 Å². The van der Waals surface area contributed by atoms with E-state index in [0.29, 0.717) is 0 Å². The summed E-state index contributed by atoms with van der Waals surface area (Å²) in [5, 5.41) is 6.89. The molecule has 0 rings (SSSR count). The van der Waals surface area contributed by atoms with Crippen LogP contribution in [0.1, 0.15) is 0 Å². The SMILES string of the molecule is Cl.O=CO.[Cu].[Cu]. The number of hydrogen-bond acceptors (Lipinski definition) is 1. The molecule has 5 heteroatoms. The van der Waals surface area contributed by atoms with E-state index in [9.17, 15) is 0 Å². The van der Waals surface area contributed by atoms with Crippen LogP contribution in [0.3, 0.4) is 0 Å². The number of carbonyl (C=O) groups is 1. The van der Waals surface area contributed by atoms with Crippen molar-refractivity contribution in [3.63, 3.8) is 0 Å². The van der Waals surface area contributed by atoms with Crippen molar-refractivity contribution in [1.82, 2.24) is 0 Å². The van der Waals surface area contributed by atoms with Crippen molar-refractivity contribution in [3.05, 3.63) is 0 Å². The van der Waals surface area contributed by atoms with Crippen LogP contribution in [-0.2, 0) is 38.9 Å². The fraction of sp³-hybridized carbons (Fsp3) is 0. The molecule has 0 amide bonds. The van der Waals surface area contributed by atoms with E-state index in [1.165, 1.54) is 0 Å². The van der Waals surface area contributed by atoms with Gasteiger partial charge >= 0.3 is 0 Å². The third-order valence-electron chi connectivity index (χ3n) is 0. The van der Waals surface area contributed by atoms with Gasteiger partial charge in [0, 0.05) is 34.1 Å². The quantitative estimate of drug-likeness (QED) is 0.455. The number of carboxylic acid groups (broad SMARTS) is 1. The second-order valence-electron chi connectivity index (χ2n) is 0.105. The van der Waals surface area contributed by atoms with Crippen LogP contribution in [0.2, 0.25) is 0 Å². The Labute approximate surface area is 63.0 Å². The van der Waals surface area contributed by atoms with E-state index >= 15 is 0 Å². The zero-order chi connectivity index (χ0) is 2.71. The molecule has 0 spiro atoms. The van der Waals surface area contributed by atoms with Gasteiger partial charge in [-0.1, -0.05) is 0 Å². The largest absolute Gasteiger partial charge is 0.483 e. The molecule has 0 fully saturated rings. The van der Waals surface area contributed by atoms with E-state index < -0.39 is 0 Å². The van der Waals surface area contributed by atoms with Gasteiger partial charge in [0.05, 0.1) is 0 Å². The van der Waals surface area contributed by atoms with Crippen LogP contribution < -0.4 is 0 Å². The number of rotatable bonds is 0. The predicted octanol–water partition coefficient (Wildman–Crippen LogP) is 0.118. The molecule has 2 radical (unpaired) electrons. The van der Waals surface area contributed by atoms with Crippen molar-refractivity contribution < 1.29 is 44.0 Å². The molecule has 6 heavy (non-hydrogen) atoms. The molecular weight excluding hydrogens is 207 g/mol. The average Bonchev–Trinajstić information content (AvgIpc) is 0.918. The van der Waals surface area contributed by atoms with Crippen LogP contribution in [0.4, 0.5) is 0 Å². The molecule has 0 unspecified atom stereocenters. The van der Waals surface area contributed by atoms with Gasteiger partial charge in [0.2, 0.25) is 0 Å². The Bertz CT molecular complexity index is 19.0. The molecule has 0 aromatic carbocycles. The molecule has 0 saturated carbocycles. The first-order valence-corrected chi connectivity index (χ1v) is 0.494. The van der Waals surface area contributed by atoms with Gasteiger partial charge < -0.3 is 5.11 Å². The van der Waals surface area contributed by atoms with Crippen molar-refractivity contribution in [1.29, 1.82) is 0 Å². The topological polar surface area (TPSA) is 37.3 Å². The predicted molar refractivity (Wildman–Crippen MR) is 15.9 cm³/mol. The van der Waals surface area contributed by atoms with Crippen LogP contribution in [0.25, 0.3) is 0 Å². The molecule has 0 aromatic rings. The third kappa shape index (κ3) is 108. The van der Waals surface area contributed by atoms with Gasteiger partial charge in [0.1, 0.15) is 0 Å². The molecular formula is CH3ClCu2O2. The monoisotopic (exact) mass is 208 g/mol. The maximum Gasteiger partial charge on any atom is 0.290 e. The van der Waals surface area contributed by atoms with Gasteiger partial charge in [0.25, 0.3) is 6.47 Å². The van der Waals surface area contributed by atoms with E-state index in [2.05, 4.69) is 0 Å². The molecule has 1 N–H and O–H groups in total. The summed E-state index contributed by atoms with van der Waals surface area (Å²) >= 11 is 0. The molecule has 0 aliphatic heterocycles. The van der Waals surface area contributed by atoms with E-state index in [0.717, 1.165) is 0 Å². The van der Waals surface area contributed by atoms with Gasteiger partial charge in [-0.25, -0.2) is 0 Å². The molecule has 0 aromatic heterocycles. The van der Waals surface area contributed by atoms with Crippen molar-refractivity contribution >= 4 is 18.9 Å². The van der Waals surface area contributed by atoms with Crippen LogP contribution in [0.5, 0.6) is 0 Å². The van der Waals surface area contributed by atoms with Gasteiger partial charge in [-0.3, -0.25) is 4.79 Å². The first-order valence-electron chi connectivity index (χ1n) is 0.494. The van der Waals surface area contributed by atoms with Gasteiger partial charge in [0.15, 0.2) is 0 Å². The van der Waals surface area contributed by atoms with Crippen molar-refractivity contribution in [3.8, 4) is 0 Å². The number of hydrogen-bond donors (Lipinski definition) is 1. The fourth-order valence-corrected chi connectivity index (χ4v) is 0. The molecule has 48 valence electrons. The first-order chi connectivity index (χ1) is 1.41. The maximum absolute atomic E-state index is 8.36. The number of halogens is 1. The standard InChI is InChI=1S/CH2O2.ClH.2Cu/c2-1-3;;;/h1H,(H,2,3);1H;;. The Balaban J connectivity index is -0.00000000667. The average molecular weight is 210 g/mol. The maximum atomic E-state index is 8.36. The summed E-state index contributed by atoms with van der Waals surface area (Å²) in [4.78, 5) is 8.36. The van der Waals surface area contributed by atoms with Gasteiger partial charge in [-0.15, -0.1) is 12.4 Å². The second-order valence-corrected chi connectivity index (χ2v) is 0.105. The summed E-state index contributed by atoms with van der Waals surface area (Å²) in [6.45, 7) is -0.250. The summed E-state index contributed by atoms with van der Waals surface area (Å²) < 4.78 is 0. The van der Waals surface area contributed by atoms with Crippen LogP contribution in [0, 0.1) is 0 Å². The van der Waals surface area contributed by atoms with E-state index in [1.54, 1.807) is 0 Å². The summed E-state index contributed by atoms with van der Waals surface area (Å²) in [5.41, 5.74) is 0. The Morgan fingerprint density at radius 1 is 1.33 bits per heavy atom. The van der Waals surface area contributed by atoms with Crippen molar-refractivity contribution in [2.75, 3.05) is 0 Å². The van der Waals surface area contributed by atoms with Gasteiger partial charge in [-0.2, -0.15) is 0 Å². The van der Waals surface area contributed by atoms with E-state index in [4.69, 9.17) is 9.90 Å². The summed E-state index contributed by atoms with van der Waals surface area (Å²) in [5.74, 6) is 0. The van der Waals surface area contributed by atoms with Crippen LogP contribution >= 0.6 is 12.4 Å². The molecule has 0 aliphatic carbocycles. The zero-order valence-corrected chi connectivity index (χ0v) is 5.14. The van der Waals surface area contributed by atoms with Gasteiger partial charge in [-0.05, 0) is 0 Å². The Hall–Kier alpha value is 0.799. The van der Waals surface area contributed by atoms with E-state index in [1.807, 2.05) is 0 Å². The normalized spacial score (nSPS) is 2.00. The molecule has 0 saturated heterocycles. The first kappa shape index (κ1) is 29.2. The van der Waals surface area contributed by atoms with Crippen molar-refractivity contribution in [2.24, 2.45) is 0 Å². The Morgan fingerprint density at radius 2 is 1.33 bits per heavy atom. The van der Waals surface area contributed by atoms with Crippen molar-refractivity contribution in [2.45, 2.75) is 0 Å². The molecule has 0 atom stereocenters. The van der Waals surface area contributed by atoms with Crippen LogP contribution in [0.15, 0.2) is 0 Å². The Kier molecular flexibility index (Phi) is 201. The molecule has 2 nitrogen and oxygen atoms in total. The molecule has 0 aliphatic rings.